The molecule has 4 rings (SSSR count). The summed E-state index contributed by atoms with van der Waals surface area (Å²) < 4.78 is 5.01. The molecule has 12 heavy (non-hydrogen) atoms. The van der Waals surface area contributed by atoms with Gasteiger partial charge in [0.15, 0.2) is 0 Å². The number of hydrogen-bond donors (Lipinski definition) is 0. The molecule has 3 aliphatic rings. The summed E-state index contributed by atoms with van der Waals surface area (Å²) in [6, 6.07) is 0. The van der Waals surface area contributed by atoms with Crippen molar-refractivity contribution in [2.45, 2.75) is 32.6 Å². The molecule has 1 aromatic rings. The van der Waals surface area contributed by atoms with Crippen LogP contribution in [0, 0.1) is 11.3 Å². The van der Waals surface area contributed by atoms with E-state index in [1.54, 1.807) is 0 Å². The van der Waals surface area contributed by atoms with Gasteiger partial charge in [-0.15, -0.1) is 0 Å². The molecule has 2 nitrogen and oxygen atoms in total. The van der Waals surface area contributed by atoms with Crippen molar-refractivity contribution in [3.63, 3.8) is 0 Å². The Bertz CT molecular complexity index is 326. The summed E-state index contributed by atoms with van der Waals surface area (Å²) in [5.41, 5.74) is 3.09. The van der Waals surface area contributed by atoms with Gasteiger partial charge in [-0.05, 0) is 30.1 Å². The second kappa shape index (κ2) is 1.76. The van der Waals surface area contributed by atoms with E-state index in [2.05, 4.69) is 19.0 Å². The van der Waals surface area contributed by atoms with Crippen molar-refractivity contribution < 1.29 is 4.52 Å². The van der Waals surface area contributed by atoms with Crippen LogP contribution < -0.4 is 0 Å². The van der Waals surface area contributed by atoms with E-state index < -0.39 is 0 Å². The first-order valence-electron chi connectivity index (χ1n) is 4.62. The van der Waals surface area contributed by atoms with Crippen LogP contribution in [-0.4, -0.2) is 5.16 Å². The molecule has 0 N–H and O–H groups in total. The summed E-state index contributed by atoms with van der Waals surface area (Å²) >= 11 is 0. The van der Waals surface area contributed by atoms with Gasteiger partial charge in [-0.1, -0.05) is 19.0 Å². The molecule has 0 aromatic carbocycles. The standard InChI is InChI=1S/C10H13NO/c1-10(2)6-3-8(10)7-5-12-11-9(7)4-6/h5-6,8H,3-4H2,1-2H3. The molecule has 1 heterocycles. The first-order valence-corrected chi connectivity index (χ1v) is 4.62. The highest BCUT2D eigenvalue weighted by molar-refractivity contribution is 5.32. The Labute approximate surface area is 71.9 Å². The molecule has 64 valence electrons. The van der Waals surface area contributed by atoms with Gasteiger partial charge in [0, 0.05) is 5.56 Å². The van der Waals surface area contributed by atoms with E-state index in [-0.39, 0.29) is 0 Å². The average Bonchev–Trinajstić information content (AvgIpc) is 2.49. The van der Waals surface area contributed by atoms with E-state index in [9.17, 15) is 0 Å². The van der Waals surface area contributed by atoms with Crippen LogP contribution in [0.25, 0.3) is 0 Å². The van der Waals surface area contributed by atoms with Gasteiger partial charge >= 0.3 is 0 Å². The van der Waals surface area contributed by atoms with Crippen LogP contribution in [0.5, 0.6) is 0 Å². The van der Waals surface area contributed by atoms with Crippen molar-refractivity contribution in [1.82, 2.24) is 5.16 Å². The van der Waals surface area contributed by atoms with Crippen molar-refractivity contribution in [2.24, 2.45) is 11.3 Å². The fourth-order valence-electron chi connectivity index (χ4n) is 2.83. The second-order valence-electron chi connectivity index (χ2n) is 4.73. The lowest BCUT2D eigenvalue weighted by Gasteiger charge is -2.55. The fraction of sp³-hybridized carbons (Fsp3) is 0.700. The van der Waals surface area contributed by atoms with Crippen molar-refractivity contribution in [3.8, 4) is 0 Å². The highest BCUT2D eigenvalue weighted by atomic mass is 16.5. The van der Waals surface area contributed by atoms with E-state index >= 15 is 0 Å². The van der Waals surface area contributed by atoms with Gasteiger partial charge in [-0.2, -0.15) is 0 Å². The molecule has 0 amide bonds. The summed E-state index contributed by atoms with van der Waals surface area (Å²) in [7, 11) is 0. The van der Waals surface area contributed by atoms with Crippen LogP contribution in [0.4, 0.5) is 0 Å². The maximum absolute atomic E-state index is 5.01. The monoisotopic (exact) mass is 163 g/mol. The third kappa shape index (κ3) is 0.563. The van der Waals surface area contributed by atoms with E-state index in [4.69, 9.17) is 4.52 Å². The van der Waals surface area contributed by atoms with Crippen molar-refractivity contribution in [3.05, 3.63) is 17.5 Å². The maximum Gasteiger partial charge on any atom is 0.127 e. The number of nitrogens with zero attached hydrogens (tertiary/aromatic N) is 1. The Morgan fingerprint density at radius 2 is 2.42 bits per heavy atom. The normalized spacial score (nSPS) is 35.5. The summed E-state index contributed by atoms with van der Waals surface area (Å²) in [5.74, 6) is 1.57. The quantitative estimate of drug-likeness (QED) is 0.586. The van der Waals surface area contributed by atoms with E-state index in [1.165, 1.54) is 17.7 Å². The predicted molar refractivity (Wildman–Crippen MR) is 44.8 cm³/mol. The second-order valence-corrected chi connectivity index (χ2v) is 4.73. The van der Waals surface area contributed by atoms with Crippen molar-refractivity contribution >= 4 is 0 Å². The molecular weight excluding hydrogens is 150 g/mol. The van der Waals surface area contributed by atoms with E-state index in [0.717, 1.165) is 18.3 Å². The summed E-state index contributed by atoms with van der Waals surface area (Å²) in [5, 5.41) is 4.03. The zero-order valence-corrected chi connectivity index (χ0v) is 7.50. The SMILES string of the molecule is CC1(C)C2Cc3nocc3C1C2. The molecular formula is C10H13NO. The highest BCUT2D eigenvalue weighted by Gasteiger charge is 2.53. The smallest absolute Gasteiger partial charge is 0.127 e. The third-order valence-electron chi connectivity index (χ3n) is 3.96. The average molecular weight is 163 g/mol. The lowest BCUT2D eigenvalue weighted by Crippen LogP contribution is -2.47. The zero-order chi connectivity index (χ0) is 8.34. The van der Waals surface area contributed by atoms with Crippen LogP contribution in [-0.2, 0) is 6.42 Å². The molecule has 0 radical (unpaired) electrons. The number of hydrogen-bond acceptors (Lipinski definition) is 2. The van der Waals surface area contributed by atoms with Gasteiger partial charge < -0.3 is 4.52 Å². The molecule has 3 aliphatic carbocycles. The minimum absolute atomic E-state index is 0.499. The molecule has 2 unspecified atom stereocenters. The largest absolute Gasteiger partial charge is 0.364 e. The van der Waals surface area contributed by atoms with E-state index in [1.807, 2.05) is 6.26 Å². The minimum Gasteiger partial charge on any atom is -0.364 e. The van der Waals surface area contributed by atoms with Gasteiger partial charge in [-0.25, -0.2) is 0 Å². The molecule has 1 saturated carbocycles. The summed E-state index contributed by atoms with van der Waals surface area (Å²) in [6.45, 7) is 4.73. The van der Waals surface area contributed by atoms with Crippen LogP contribution in [0.2, 0.25) is 0 Å². The molecule has 0 spiro atoms. The van der Waals surface area contributed by atoms with Gasteiger partial charge in [0.25, 0.3) is 0 Å². The van der Waals surface area contributed by atoms with Crippen LogP contribution >= 0.6 is 0 Å². The summed E-state index contributed by atoms with van der Waals surface area (Å²) in [6.07, 6.45) is 4.33. The van der Waals surface area contributed by atoms with Crippen molar-refractivity contribution in [2.75, 3.05) is 0 Å². The Hall–Kier alpha value is -0.790. The molecule has 0 aliphatic heterocycles. The fourth-order valence-corrected chi connectivity index (χ4v) is 2.83. The lowest BCUT2D eigenvalue weighted by molar-refractivity contribution is 0.0178. The van der Waals surface area contributed by atoms with Gasteiger partial charge in [-0.3, -0.25) is 0 Å². The van der Waals surface area contributed by atoms with Gasteiger partial charge in [0.2, 0.25) is 0 Å². The molecule has 2 heteroatoms. The van der Waals surface area contributed by atoms with Crippen LogP contribution in [0.1, 0.15) is 37.4 Å². The molecule has 2 bridgehead atoms. The first-order chi connectivity index (χ1) is 5.69. The third-order valence-corrected chi connectivity index (χ3v) is 3.96. The van der Waals surface area contributed by atoms with Crippen LogP contribution in [0.15, 0.2) is 10.8 Å². The highest BCUT2D eigenvalue weighted by Crippen LogP contribution is 2.61. The van der Waals surface area contributed by atoms with Gasteiger partial charge in [0.05, 0.1) is 5.69 Å². The van der Waals surface area contributed by atoms with Crippen LogP contribution in [0.3, 0.4) is 0 Å². The molecule has 1 fully saturated rings. The zero-order valence-electron chi connectivity index (χ0n) is 7.50. The predicted octanol–water partition coefficient (Wildman–Crippen LogP) is 2.36. The Morgan fingerprint density at radius 3 is 3.17 bits per heavy atom. The topological polar surface area (TPSA) is 26.0 Å². The van der Waals surface area contributed by atoms with E-state index in [0.29, 0.717) is 5.41 Å². The Balaban J connectivity index is 2.13. The minimum atomic E-state index is 0.499. The Kier molecular flexibility index (Phi) is 0.980. The Morgan fingerprint density at radius 1 is 1.58 bits per heavy atom. The lowest BCUT2D eigenvalue weighted by atomic mass is 9.48. The van der Waals surface area contributed by atoms with Crippen molar-refractivity contribution in [1.29, 1.82) is 0 Å². The number of aromatic nitrogens is 1. The summed E-state index contributed by atoms with van der Waals surface area (Å²) in [4.78, 5) is 0. The first kappa shape index (κ1) is 6.70. The molecule has 1 aromatic heterocycles. The van der Waals surface area contributed by atoms with Gasteiger partial charge in [0.1, 0.15) is 6.26 Å². The maximum atomic E-state index is 5.01. The molecule has 2 atom stereocenters. The number of rotatable bonds is 0. The molecule has 0 saturated heterocycles.